The number of ether oxygens (including phenoxy) is 1. The molecule has 18 heavy (non-hydrogen) atoms. The van der Waals surface area contributed by atoms with Crippen LogP contribution < -0.4 is 15.4 Å². The Balaban J connectivity index is 3.12. The van der Waals surface area contributed by atoms with E-state index in [4.69, 9.17) is 10.5 Å². The Morgan fingerprint density at radius 2 is 2.06 bits per heavy atom. The standard InChI is InChI=1S/C14H22N2O2/c1-9-6-10(2)14(12(7-9)18-5)16(4)13(17)8-11(3)15/h6-7,11H,8,15H2,1-5H3. The number of nitrogens with two attached hydrogens (primary N) is 1. The van der Waals surface area contributed by atoms with Crippen molar-refractivity contribution >= 4 is 11.6 Å². The summed E-state index contributed by atoms with van der Waals surface area (Å²) < 4.78 is 5.36. The monoisotopic (exact) mass is 250 g/mol. The maximum atomic E-state index is 12.0. The molecule has 1 aromatic carbocycles. The second kappa shape index (κ2) is 5.87. The zero-order chi connectivity index (χ0) is 13.9. The van der Waals surface area contributed by atoms with E-state index in [1.165, 1.54) is 0 Å². The number of hydrogen-bond acceptors (Lipinski definition) is 3. The van der Waals surface area contributed by atoms with E-state index >= 15 is 0 Å². The van der Waals surface area contributed by atoms with E-state index in [0.29, 0.717) is 12.2 Å². The molecule has 1 unspecified atom stereocenters. The fourth-order valence-electron chi connectivity index (χ4n) is 2.04. The van der Waals surface area contributed by atoms with Crippen molar-refractivity contribution in [2.24, 2.45) is 5.73 Å². The summed E-state index contributed by atoms with van der Waals surface area (Å²) >= 11 is 0. The van der Waals surface area contributed by atoms with E-state index in [2.05, 4.69) is 0 Å². The van der Waals surface area contributed by atoms with Crippen molar-refractivity contribution in [1.29, 1.82) is 0 Å². The molecular weight excluding hydrogens is 228 g/mol. The molecule has 0 radical (unpaired) electrons. The third kappa shape index (κ3) is 3.23. The quantitative estimate of drug-likeness (QED) is 0.889. The number of carbonyl (C=O) groups excluding carboxylic acids is 1. The lowest BCUT2D eigenvalue weighted by molar-refractivity contribution is -0.118. The molecule has 0 saturated carbocycles. The highest BCUT2D eigenvalue weighted by Gasteiger charge is 2.18. The van der Waals surface area contributed by atoms with Gasteiger partial charge in [-0.25, -0.2) is 0 Å². The Kier molecular flexibility index (Phi) is 4.73. The van der Waals surface area contributed by atoms with Gasteiger partial charge in [-0.3, -0.25) is 4.79 Å². The minimum Gasteiger partial charge on any atom is -0.495 e. The number of rotatable bonds is 4. The molecule has 4 heteroatoms. The molecule has 1 aromatic rings. The minimum absolute atomic E-state index is 0.00440. The van der Waals surface area contributed by atoms with Crippen molar-refractivity contribution < 1.29 is 9.53 Å². The molecule has 1 atom stereocenters. The Hall–Kier alpha value is -1.55. The van der Waals surface area contributed by atoms with Crippen molar-refractivity contribution in [3.8, 4) is 5.75 Å². The highest BCUT2D eigenvalue weighted by Crippen LogP contribution is 2.32. The molecule has 0 aromatic heterocycles. The fraction of sp³-hybridized carbons (Fsp3) is 0.500. The molecule has 0 fully saturated rings. The average molecular weight is 250 g/mol. The van der Waals surface area contributed by atoms with E-state index in [1.54, 1.807) is 19.1 Å². The smallest absolute Gasteiger partial charge is 0.228 e. The number of hydrogen-bond donors (Lipinski definition) is 1. The molecule has 1 rings (SSSR count). The van der Waals surface area contributed by atoms with Crippen molar-refractivity contribution in [3.05, 3.63) is 23.3 Å². The van der Waals surface area contributed by atoms with Crippen LogP contribution in [-0.2, 0) is 4.79 Å². The van der Waals surface area contributed by atoms with Crippen LogP contribution in [0.25, 0.3) is 0 Å². The number of nitrogens with zero attached hydrogens (tertiary/aromatic N) is 1. The second-order valence-electron chi connectivity index (χ2n) is 4.77. The molecular formula is C14H22N2O2. The Labute approximate surface area is 109 Å². The summed E-state index contributed by atoms with van der Waals surface area (Å²) in [6.07, 6.45) is 0.326. The van der Waals surface area contributed by atoms with Crippen LogP contribution in [0.1, 0.15) is 24.5 Å². The molecule has 100 valence electrons. The van der Waals surface area contributed by atoms with Crippen molar-refractivity contribution in [3.63, 3.8) is 0 Å². The Bertz CT molecular complexity index is 442. The predicted octanol–water partition coefficient (Wildman–Crippen LogP) is 2.01. The Morgan fingerprint density at radius 1 is 1.44 bits per heavy atom. The number of benzene rings is 1. The minimum atomic E-state index is -0.142. The summed E-state index contributed by atoms with van der Waals surface area (Å²) in [5.41, 5.74) is 8.61. The number of amides is 1. The first-order chi connectivity index (χ1) is 8.36. The van der Waals surface area contributed by atoms with Gasteiger partial charge < -0.3 is 15.4 Å². The molecule has 0 aliphatic carbocycles. The van der Waals surface area contributed by atoms with Gasteiger partial charge in [0.05, 0.1) is 12.8 Å². The van der Waals surface area contributed by atoms with Gasteiger partial charge in [0.1, 0.15) is 5.75 Å². The highest BCUT2D eigenvalue weighted by atomic mass is 16.5. The van der Waals surface area contributed by atoms with Crippen molar-refractivity contribution in [2.75, 3.05) is 19.1 Å². The van der Waals surface area contributed by atoms with Crippen molar-refractivity contribution in [1.82, 2.24) is 0 Å². The van der Waals surface area contributed by atoms with E-state index in [-0.39, 0.29) is 11.9 Å². The third-order valence-corrected chi connectivity index (χ3v) is 2.84. The topological polar surface area (TPSA) is 55.6 Å². The molecule has 0 aliphatic rings. The normalized spacial score (nSPS) is 12.1. The molecule has 0 bridgehead atoms. The van der Waals surface area contributed by atoms with Gasteiger partial charge in [0.25, 0.3) is 0 Å². The summed E-state index contributed by atoms with van der Waals surface area (Å²) in [6.45, 7) is 5.80. The lowest BCUT2D eigenvalue weighted by Gasteiger charge is -2.23. The zero-order valence-electron chi connectivity index (χ0n) is 11.8. The van der Waals surface area contributed by atoms with Crippen LogP contribution in [0.3, 0.4) is 0 Å². The van der Waals surface area contributed by atoms with Gasteiger partial charge in [-0.05, 0) is 38.0 Å². The van der Waals surface area contributed by atoms with Crippen LogP contribution in [0, 0.1) is 13.8 Å². The largest absolute Gasteiger partial charge is 0.495 e. The second-order valence-corrected chi connectivity index (χ2v) is 4.77. The molecule has 0 spiro atoms. The van der Waals surface area contributed by atoms with Crippen LogP contribution in [0.15, 0.2) is 12.1 Å². The van der Waals surface area contributed by atoms with E-state index < -0.39 is 0 Å². The summed E-state index contributed by atoms with van der Waals surface area (Å²) in [4.78, 5) is 13.7. The van der Waals surface area contributed by atoms with Gasteiger partial charge in [-0.1, -0.05) is 6.07 Å². The fourth-order valence-corrected chi connectivity index (χ4v) is 2.04. The first-order valence-corrected chi connectivity index (χ1v) is 6.04. The maximum absolute atomic E-state index is 12.0. The molecule has 1 amide bonds. The van der Waals surface area contributed by atoms with Crippen molar-refractivity contribution in [2.45, 2.75) is 33.2 Å². The van der Waals surface area contributed by atoms with E-state index in [9.17, 15) is 4.79 Å². The number of anilines is 1. The SMILES string of the molecule is COc1cc(C)cc(C)c1N(C)C(=O)CC(C)N. The Morgan fingerprint density at radius 3 is 2.56 bits per heavy atom. The zero-order valence-corrected chi connectivity index (χ0v) is 11.8. The van der Waals surface area contributed by atoms with Gasteiger partial charge in [-0.15, -0.1) is 0 Å². The third-order valence-electron chi connectivity index (χ3n) is 2.84. The molecule has 0 heterocycles. The molecule has 0 saturated heterocycles. The number of methoxy groups -OCH3 is 1. The summed E-state index contributed by atoms with van der Waals surface area (Å²) in [5.74, 6) is 0.711. The summed E-state index contributed by atoms with van der Waals surface area (Å²) in [7, 11) is 3.37. The maximum Gasteiger partial charge on any atom is 0.228 e. The van der Waals surface area contributed by atoms with E-state index in [1.807, 2.05) is 32.9 Å². The lowest BCUT2D eigenvalue weighted by Crippen LogP contribution is -2.32. The van der Waals surface area contributed by atoms with Crippen LogP contribution in [0.2, 0.25) is 0 Å². The molecule has 0 aliphatic heterocycles. The van der Waals surface area contributed by atoms with Gasteiger partial charge in [0.15, 0.2) is 0 Å². The van der Waals surface area contributed by atoms with Gasteiger partial charge >= 0.3 is 0 Å². The molecule has 2 N–H and O–H groups in total. The van der Waals surface area contributed by atoms with Gasteiger partial charge in [-0.2, -0.15) is 0 Å². The van der Waals surface area contributed by atoms with Gasteiger partial charge in [0, 0.05) is 19.5 Å². The average Bonchev–Trinajstić information content (AvgIpc) is 2.26. The van der Waals surface area contributed by atoms with Crippen LogP contribution in [-0.4, -0.2) is 26.1 Å². The predicted molar refractivity (Wildman–Crippen MR) is 74.1 cm³/mol. The summed E-state index contributed by atoms with van der Waals surface area (Å²) in [5, 5.41) is 0. The van der Waals surface area contributed by atoms with Crippen LogP contribution in [0.4, 0.5) is 5.69 Å². The first kappa shape index (κ1) is 14.5. The summed E-state index contributed by atoms with van der Waals surface area (Å²) in [6, 6.07) is 3.82. The molecule has 4 nitrogen and oxygen atoms in total. The van der Waals surface area contributed by atoms with Gasteiger partial charge in [0.2, 0.25) is 5.91 Å². The first-order valence-electron chi connectivity index (χ1n) is 6.04. The van der Waals surface area contributed by atoms with E-state index in [0.717, 1.165) is 16.8 Å². The van der Waals surface area contributed by atoms with Crippen LogP contribution >= 0.6 is 0 Å². The number of aryl methyl sites for hydroxylation is 2. The number of carbonyl (C=O) groups is 1. The highest BCUT2D eigenvalue weighted by molar-refractivity contribution is 5.95. The lowest BCUT2D eigenvalue weighted by atomic mass is 10.1. The van der Waals surface area contributed by atoms with Crippen LogP contribution in [0.5, 0.6) is 5.75 Å².